The molecule has 3 amide bonds. The Kier molecular flexibility index (Phi) is 8.40. The van der Waals surface area contributed by atoms with Crippen LogP contribution in [-0.4, -0.2) is 53.8 Å². The Bertz CT molecular complexity index is 1360. The molecule has 2 N–H and O–H groups in total. The fourth-order valence-corrected chi connectivity index (χ4v) is 4.20. The molecule has 10 heteroatoms. The number of esters is 1. The number of carbonyl (C=O) groups excluding carboxylic acids is 3. The van der Waals surface area contributed by atoms with Crippen molar-refractivity contribution in [3.8, 4) is 11.1 Å². The lowest BCUT2D eigenvalue weighted by Crippen LogP contribution is -2.46. The van der Waals surface area contributed by atoms with Crippen LogP contribution in [0.2, 0.25) is 5.02 Å². The summed E-state index contributed by atoms with van der Waals surface area (Å²) in [6.45, 7) is 5.25. The lowest BCUT2D eigenvalue weighted by Gasteiger charge is -2.24. The molecule has 0 bridgehead atoms. The van der Waals surface area contributed by atoms with Gasteiger partial charge in [-0.3, -0.25) is 0 Å². The van der Waals surface area contributed by atoms with Crippen LogP contribution in [0.4, 0.5) is 19.7 Å². The average molecular weight is 554 g/mol. The maximum Gasteiger partial charge on any atom is 0.410 e. The number of hydrogen-bond donors (Lipinski definition) is 2. The van der Waals surface area contributed by atoms with Gasteiger partial charge in [0.1, 0.15) is 17.5 Å². The van der Waals surface area contributed by atoms with E-state index in [1.807, 2.05) is 18.2 Å². The number of carbonyl (C=O) groups is 3. The quantitative estimate of drug-likeness (QED) is 0.371. The second kappa shape index (κ2) is 11.7. The predicted octanol–water partition coefficient (Wildman–Crippen LogP) is 6.11. The predicted molar refractivity (Wildman–Crippen MR) is 146 cm³/mol. The highest BCUT2D eigenvalue weighted by Gasteiger charge is 2.40. The summed E-state index contributed by atoms with van der Waals surface area (Å²) < 4.78 is 25.2. The highest BCUT2D eigenvalue weighted by Crippen LogP contribution is 2.24. The van der Waals surface area contributed by atoms with Crippen molar-refractivity contribution in [1.82, 2.24) is 10.2 Å². The van der Waals surface area contributed by atoms with E-state index in [1.54, 1.807) is 57.2 Å². The lowest BCUT2D eigenvalue weighted by molar-refractivity contribution is 0.0180. The third-order valence-corrected chi connectivity index (χ3v) is 6.14. The number of likely N-dealkylation sites (tertiary alicyclic amines) is 1. The largest absolute Gasteiger partial charge is 0.455 e. The van der Waals surface area contributed by atoms with Crippen LogP contribution in [0.1, 0.15) is 31.1 Å². The van der Waals surface area contributed by atoms with Gasteiger partial charge in [0.15, 0.2) is 0 Å². The Labute approximate surface area is 231 Å². The minimum atomic E-state index is -0.879. The summed E-state index contributed by atoms with van der Waals surface area (Å²) in [6, 6.07) is 18.4. The fraction of sp³-hybridized carbons (Fsp3) is 0.276. The number of para-hydroxylation sites is 1. The molecule has 0 saturated carbocycles. The summed E-state index contributed by atoms with van der Waals surface area (Å²) in [5.74, 6) is -1.22. The number of nitrogens with one attached hydrogen (secondary N) is 2. The van der Waals surface area contributed by atoms with Crippen LogP contribution in [-0.2, 0) is 9.47 Å². The Morgan fingerprint density at radius 1 is 0.949 bits per heavy atom. The number of amides is 3. The van der Waals surface area contributed by atoms with Gasteiger partial charge < -0.3 is 25.0 Å². The summed E-state index contributed by atoms with van der Waals surface area (Å²) in [6.07, 6.45) is -1.48. The molecule has 3 aromatic rings. The molecule has 1 aliphatic rings. The Balaban J connectivity index is 1.50. The second-order valence-corrected chi connectivity index (χ2v) is 10.5. The first-order valence-corrected chi connectivity index (χ1v) is 12.7. The van der Waals surface area contributed by atoms with Gasteiger partial charge in [0.05, 0.1) is 23.8 Å². The zero-order valence-corrected chi connectivity index (χ0v) is 22.5. The molecular formula is C29H29ClFN3O5. The van der Waals surface area contributed by atoms with Crippen molar-refractivity contribution in [3.05, 3.63) is 89.2 Å². The molecule has 8 nitrogen and oxygen atoms in total. The van der Waals surface area contributed by atoms with Gasteiger partial charge in [-0.05, 0) is 68.3 Å². The van der Waals surface area contributed by atoms with E-state index in [0.29, 0.717) is 10.6 Å². The highest BCUT2D eigenvalue weighted by atomic mass is 35.5. The summed E-state index contributed by atoms with van der Waals surface area (Å²) in [4.78, 5) is 39.9. The third-order valence-electron chi connectivity index (χ3n) is 5.89. The van der Waals surface area contributed by atoms with E-state index in [4.69, 9.17) is 21.1 Å². The van der Waals surface area contributed by atoms with Crippen molar-refractivity contribution in [2.45, 2.75) is 38.5 Å². The van der Waals surface area contributed by atoms with Gasteiger partial charge in [-0.2, -0.15) is 0 Å². The van der Waals surface area contributed by atoms with E-state index < -0.39 is 41.7 Å². The number of rotatable bonds is 5. The normalized spacial score (nSPS) is 16.9. The Morgan fingerprint density at radius 2 is 1.67 bits per heavy atom. The number of nitrogens with zero attached hydrogens (tertiary/aromatic N) is 1. The second-order valence-electron chi connectivity index (χ2n) is 10.1. The standard InChI is InChI=1S/C29H29ClFN3O5/c1-29(2,3)39-28(37)34-16-24(33-27(36)32-23-10-5-4-9-22(23)31)25(17-34)38-26(35)20-8-6-7-19(15-20)18-11-13-21(30)14-12-18/h4-15,24-25H,16-17H2,1-3H3,(H2,32,33,36)/t24?,25-/m0/s1. The van der Waals surface area contributed by atoms with Crippen LogP contribution in [0, 0.1) is 5.82 Å². The zero-order valence-electron chi connectivity index (χ0n) is 21.7. The maximum absolute atomic E-state index is 14.0. The molecule has 204 valence electrons. The molecule has 1 fully saturated rings. The lowest BCUT2D eigenvalue weighted by atomic mass is 10.0. The van der Waals surface area contributed by atoms with E-state index in [9.17, 15) is 18.8 Å². The number of anilines is 1. The molecular weight excluding hydrogens is 525 g/mol. The maximum atomic E-state index is 14.0. The Hall–Kier alpha value is -4.11. The molecule has 0 aromatic heterocycles. The molecule has 4 rings (SSSR count). The highest BCUT2D eigenvalue weighted by molar-refractivity contribution is 6.30. The Morgan fingerprint density at radius 3 is 2.36 bits per heavy atom. The van der Waals surface area contributed by atoms with E-state index in [-0.39, 0.29) is 18.8 Å². The van der Waals surface area contributed by atoms with Crippen molar-refractivity contribution in [3.63, 3.8) is 0 Å². The van der Waals surface area contributed by atoms with Crippen molar-refractivity contribution in [2.24, 2.45) is 0 Å². The summed E-state index contributed by atoms with van der Waals surface area (Å²) in [7, 11) is 0. The molecule has 0 aliphatic carbocycles. The van der Waals surface area contributed by atoms with Crippen LogP contribution in [0.15, 0.2) is 72.8 Å². The first-order chi connectivity index (χ1) is 18.5. The number of ether oxygens (including phenoxy) is 2. The van der Waals surface area contributed by atoms with Crippen LogP contribution in [0.3, 0.4) is 0 Å². The van der Waals surface area contributed by atoms with E-state index >= 15 is 0 Å². The average Bonchev–Trinajstić information content (AvgIpc) is 3.27. The monoisotopic (exact) mass is 553 g/mol. The van der Waals surface area contributed by atoms with E-state index in [2.05, 4.69) is 10.6 Å². The topological polar surface area (TPSA) is 97.0 Å². The fourth-order valence-electron chi connectivity index (χ4n) is 4.07. The molecule has 1 saturated heterocycles. The molecule has 1 aliphatic heterocycles. The summed E-state index contributed by atoms with van der Waals surface area (Å²) >= 11 is 5.98. The van der Waals surface area contributed by atoms with Crippen molar-refractivity contribution in [2.75, 3.05) is 18.4 Å². The number of halogens is 2. The van der Waals surface area contributed by atoms with Gasteiger partial charge >= 0.3 is 18.1 Å². The smallest absolute Gasteiger partial charge is 0.410 e. The van der Waals surface area contributed by atoms with Crippen molar-refractivity contribution < 1.29 is 28.2 Å². The molecule has 1 unspecified atom stereocenters. The van der Waals surface area contributed by atoms with E-state index in [0.717, 1.165) is 11.1 Å². The van der Waals surface area contributed by atoms with Gasteiger partial charge in [0.25, 0.3) is 0 Å². The molecule has 0 spiro atoms. The minimum absolute atomic E-state index is 0.00216. The minimum Gasteiger partial charge on any atom is -0.455 e. The number of hydrogen-bond acceptors (Lipinski definition) is 5. The zero-order chi connectivity index (χ0) is 28.2. The van der Waals surface area contributed by atoms with Crippen LogP contribution < -0.4 is 10.6 Å². The van der Waals surface area contributed by atoms with Gasteiger partial charge in [0, 0.05) is 11.6 Å². The molecule has 0 radical (unpaired) electrons. The van der Waals surface area contributed by atoms with Gasteiger partial charge in [-0.25, -0.2) is 18.8 Å². The van der Waals surface area contributed by atoms with Crippen molar-refractivity contribution in [1.29, 1.82) is 0 Å². The molecule has 2 atom stereocenters. The van der Waals surface area contributed by atoms with E-state index in [1.165, 1.54) is 23.1 Å². The molecule has 3 aromatic carbocycles. The summed E-state index contributed by atoms with van der Waals surface area (Å²) in [5.41, 5.74) is 1.22. The first kappa shape index (κ1) is 27.9. The van der Waals surface area contributed by atoms with Gasteiger partial charge in [-0.15, -0.1) is 0 Å². The van der Waals surface area contributed by atoms with Crippen LogP contribution in [0.25, 0.3) is 11.1 Å². The van der Waals surface area contributed by atoms with Crippen molar-refractivity contribution >= 4 is 35.4 Å². The SMILES string of the molecule is CC(C)(C)OC(=O)N1CC(NC(=O)Nc2ccccc2F)[C@@H](OC(=O)c2cccc(-c3ccc(Cl)cc3)c2)C1. The molecule has 1 heterocycles. The van der Waals surface area contributed by atoms with Crippen LogP contribution in [0.5, 0.6) is 0 Å². The third kappa shape index (κ3) is 7.48. The summed E-state index contributed by atoms with van der Waals surface area (Å²) in [5, 5.41) is 5.74. The van der Waals surface area contributed by atoms with Gasteiger partial charge in [0.2, 0.25) is 0 Å². The molecule has 39 heavy (non-hydrogen) atoms. The van der Waals surface area contributed by atoms with Gasteiger partial charge in [-0.1, -0.05) is 48.0 Å². The number of urea groups is 1. The number of benzene rings is 3. The van der Waals surface area contributed by atoms with Crippen LogP contribution >= 0.6 is 11.6 Å². The first-order valence-electron chi connectivity index (χ1n) is 12.4.